The molecule has 1 aromatic rings. The Morgan fingerprint density at radius 2 is 1.84 bits per heavy atom. The van der Waals surface area contributed by atoms with Crippen LogP contribution in [0.15, 0.2) is 24.4 Å². The van der Waals surface area contributed by atoms with Gasteiger partial charge in [-0.25, -0.2) is 4.98 Å². The van der Waals surface area contributed by atoms with Gasteiger partial charge in [0.25, 0.3) is 0 Å². The average Bonchev–Trinajstić information content (AvgIpc) is 2.59. The Bertz CT molecular complexity index is 537. The van der Waals surface area contributed by atoms with Crippen LogP contribution >= 0.6 is 24.8 Å². The zero-order valence-electron chi connectivity index (χ0n) is 14.6. The number of piperazine rings is 1. The van der Waals surface area contributed by atoms with Crippen LogP contribution in [0.5, 0.6) is 0 Å². The number of carbonyl (C=O) groups is 2. The summed E-state index contributed by atoms with van der Waals surface area (Å²) in [6.45, 7) is 6.49. The first-order chi connectivity index (χ1) is 11.0. The number of carbonyl (C=O) groups excluding carboxylic acids is 2. The topological polar surface area (TPSA) is 91.6 Å². The highest BCUT2D eigenvalue weighted by atomic mass is 35.5. The molecule has 1 aliphatic heterocycles. The van der Waals surface area contributed by atoms with Gasteiger partial charge in [-0.3, -0.25) is 9.59 Å². The van der Waals surface area contributed by atoms with Crippen LogP contribution in [0.25, 0.3) is 0 Å². The second-order valence-electron chi connectivity index (χ2n) is 6.04. The Morgan fingerprint density at radius 3 is 2.36 bits per heavy atom. The fourth-order valence-corrected chi connectivity index (χ4v) is 2.42. The molecule has 1 aromatic heterocycles. The Balaban J connectivity index is 0.00000288. The number of hydrogen-bond acceptors (Lipinski definition) is 5. The molecule has 0 radical (unpaired) electrons. The first kappa shape index (κ1) is 23.4. The fraction of sp³-hybridized carbons (Fsp3) is 0.562. The van der Waals surface area contributed by atoms with Crippen molar-refractivity contribution in [2.45, 2.75) is 19.9 Å². The van der Waals surface area contributed by atoms with Crippen molar-refractivity contribution in [1.29, 1.82) is 0 Å². The van der Waals surface area contributed by atoms with Crippen molar-refractivity contribution in [1.82, 2.24) is 15.2 Å². The molecule has 0 aromatic carbocycles. The third-order valence-electron chi connectivity index (χ3n) is 4.04. The van der Waals surface area contributed by atoms with Crippen LogP contribution in [0.4, 0.5) is 5.82 Å². The van der Waals surface area contributed by atoms with Gasteiger partial charge in [-0.05, 0) is 18.1 Å². The molecule has 2 amide bonds. The van der Waals surface area contributed by atoms with E-state index in [-0.39, 0.29) is 49.1 Å². The summed E-state index contributed by atoms with van der Waals surface area (Å²) in [6.07, 6.45) is 1.76. The fourth-order valence-electron chi connectivity index (χ4n) is 2.42. The molecular weight excluding hydrogens is 365 g/mol. The number of hydrogen-bond donors (Lipinski definition) is 2. The van der Waals surface area contributed by atoms with Gasteiger partial charge in [0.1, 0.15) is 5.82 Å². The molecular formula is C16H27Cl2N5O2. The van der Waals surface area contributed by atoms with Crippen LogP contribution in [0, 0.1) is 5.92 Å². The molecule has 0 unspecified atom stereocenters. The zero-order valence-corrected chi connectivity index (χ0v) is 16.2. The maximum absolute atomic E-state index is 12.2. The molecule has 1 saturated heterocycles. The Hall–Kier alpha value is -1.57. The zero-order chi connectivity index (χ0) is 16.8. The standard InChI is InChI=1S/C16H25N5O2.2ClH/c1-12(2)15(17)16(23)19-11-14(22)21-9-7-20(8-10-21)13-5-3-4-6-18-13;;/h3-6,12,15H,7-11,17H2,1-2H3,(H,19,23);2*1H/t15-;;/m0../s1. The lowest BCUT2D eigenvalue weighted by Crippen LogP contribution is -2.53. The molecule has 142 valence electrons. The molecule has 9 heteroatoms. The van der Waals surface area contributed by atoms with E-state index < -0.39 is 6.04 Å². The minimum Gasteiger partial charge on any atom is -0.353 e. The number of nitrogens with zero attached hydrogens (tertiary/aromatic N) is 3. The summed E-state index contributed by atoms with van der Waals surface area (Å²) in [4.78, 5) is 32.2. The third kappa shape index (κ3) is 6.68. The van der Waals surface area contributed by atoms with E-state index in [4.69, 9.17) is 5.73 Å². The maximum Gasteiger partial charge on any atom is 0.242 e. The molecule has 2 heterocycles. The normalized spacial score (nSPS) is 15.0. The summed E-state index contributed by atoms with van der Waals surface area (Å²) in [5.74, 6) is 0.623. The Labute approximate surface area is 161 Å². The molecule has 25 heavy (non-hydrogen) atoms. The monoisotopic (exact) mass is 391 g/mol. The molecule has 7 nitrogen and oxygen atoms in total. The first-order valence-corrected chi connectivity index (χ1v) is 7.96. The summed E-state index contributed by atoms with van der Waals surface area (Å²) < 4.78 is 0. The molecule has 3 N–H and O–H groups in total. The van der Waals surface area contributed by atoms with Crippen molar-refractivity contribution in [3.63, 3.8) is 0 Å². The minimum atomic E-state index is -0.580. The molecule has 0 aliphatic carbocycles. The van der Waals surface area contributed by atoms with Crippen LogP contribution in [-0.4, -0.2) is 60.5 Å². The van der Waals surface area contributed by atoms with E-state index in [1.807, 2.05) is 32.0 Å². The van der Waals surface area contributed by atoms with Crippen molar-refractivity contribution in [3.05, 3.63) is 24.4 Å². The van der Waals surface area contributed by atoms with Gasteiger partial charge in [0.05, 0.1) is 12.6 Å². The van der Waals surface area contributed by atoms with Crippen LogP contribution in [-0.2, 0) is 9.59 Å². The lowest BCUT2D eigenvalue weighted by molar-refractivity contribution is -0.133. The number of rotatable bonds is 5. The predicted molar refractivity (Wildman–Crippen MR) is 103 cm³/mol. The van der Waals surface area contributed by atoms with Crippen LogP contribution in [0.3, 0.4) is 0 Å². The highest BCUT2D eigenvalue weighted by Gasteiger charge is 2.23. The minimum absolute atomic E-state index is 0. The van der Waals surface area contributed by atoms with Crippen LogP contribution in [0.1, 0.15) is 13.8 Å². The summed E-state index contributed by atoms with van der Waals surface area (Å²) in [6, 6.07) is 5.22. The van der Waals surface area contributed by atoms with E-state index in [1.165, 1.54) is 0 Å². The van der Waals surface area contributed by atoms with Crippen molar-refractivity contribution in [2.24, 2.45) is 11.7 Å². The number of anilines is 1. The van der Waals surface area contributed by atoms with Crippen molar-refractivity contribution >= 4 is 42.4 Å². The Morgan fingerprint density at radius 1 is 1.20 bits per heavy atom. The predicted octanol–water partition coefficient (Wildman–Crippen LogP) is 0.673. The molecule has 1 atom stereocenters. The number of halogens is 2. The summed E-state index contributed by atoms with van der Waals surface area (Å²) in [5, 5.41) is 2.62. The number of nitrogens with one attached hydrogen (secondary N) is 1. The van der Waals surface area contributed by atoms with Gasteiger partial charge in [0.15, 0.2) is 0 Å². The van der Waals surface area contributed by atoms with Gasteiger partial charge in [-0.2, -0.15) is 0 Å². The smallest absolute Gasteiger partial charge is 0.242 e. The third-order valence-corrected chi connectivity index (χ3v) is 4.04. The van der Waals surface area contributed by atoms with Gasteiger partial charge in [0.2, 0.25) is 11.8 Å². The van der Waals surface area contributed by atoms with Crippen LogP contribution in [0.2, 0.25) is 0 Å². The van der Waals surface area contributed by atoms with Crippen molar-refractivity contribution in [2.75, 3.05) is 37.6 Å². The van der Waals surface area contributed by atoms with Crippen molar-refractivity contribution < 1.29 is 9.59 Å². The van der Waals surface area contributed by atoms with Gasteiger partial charge in [-0.15, -0.1) is 24.8 Å². The summed E-state index contributed by atoms with van der Waals surface area (Å²) >= 11 is 0. The quantitative estimate of drug-likeness (QED) is 0.769. The van der Waals surface area contributed by atoms with Gasteiger partial charge >= 0.3 is 0 Å². The molecule has 1 aliphatic rings. The molecule has 0 spiro atoms. The largest absolute Gasteiger partial charge is 0.353 e. The number of nitrogens with two attached hydrogens (primary N) is 1. The molecule has 0 saturated carbocycles. The second kappa shape index (κ2) is 11.1. The van der Waals surface area contributed by atoms with Gasteiger partial charge < -0.3 is 20.9 Å². The maximum atomic E-state index is 12.2. The van der Waals surface area contributed by atoms with Gasteiger partial charge in [-0.1, -0.05) is 19.9 Å². The highest BCUT2D eigenvalue weighted by molar-refractivity contribution is 5.87. The highest BCUT2D eigenvalue weighted by Crippen LogP contribution is 2.12. The summed E-state index contributed by atoms with van der Waals surface area (Å²) in [7, 11) is 0. The Kier molecular flexibility index (Phi) is 10.4. The van der Waals surface area contributed by atoms with E-state index in [9.17, 15) is 9.59 Å². The van der Waals surface area contributed by atoms with Crippen LogP contribution < -0.4 is 16.0 Å². The summed E-state index contributed by atoms with van der Waals surface area (Å²) in [5.41, 5.74) is 5.76. The second-order valence-corrected chi connectivity index (χ2v) is 6.04. The lowest BCUT2D eigenvalue weighted by atomic mass is 10.1. The van der Waals surface area contributed by atoms with E-state index in [1.54, 1.807) is 11.1 Å². The number of pyridine rings is 1. The number of amides is 2. The van der Waals surface area contributed by atoms with Gasteiger partial charge in [0, 0.05) is 32.4 Å². The number of aromatic nitrogens is 1. The molecule has 2 rings (SSSR count). The van der Waals surface area contributed by atoms with Crippen molar-refractivity contribution in [3.8, 4) is 0 Å². The first-order valence-electron chi connectivity index (χ1n) is 7.96. The van der Waals surface area contributed by atoms with E-state index in [0.29, 0.717) is 13.1 Å². The lowest BCUT2D eigenvalue weighted by Gasteiger charge is -2.35. The molecule has 1 fully saturated rings. The van der Waals surface area contributed by atoms with E-state index in [2.05, 4.69) is 15.2 Å². The molecule has 0 bridgehead atoms. The average molecular weight is 392 g/mol. The SMILES string of the molecule is CC(C)[C@H](N)C(=O)NCC(=O)N1CCN(c2ccccn2)CC1.Cl.Cl. The van der Waals surface area contributed by atoms with E-state index in [0.717, 1.165) is 18.9 Å². The van der Waals surface area contributed by atoms with E-state index >= 15 is 0 Å².